The van der Waals surface area contributed by atoms with Gasteiger partial charge in [-0.15, -0.1) is 23.4 Å². The number of fused-ring (bicyclic) bond motifs is 2. The van der Waals surface area contributed by atoms with Crippen molar-refractivity contribution in [2.75, 3.05) is 37.3 Å². The number of alkyl carbamates (subject to hydrolysis) is 1. The van der Waals surface area contributed by atoms with Gasteiger partial charge in [0.05, 0.1) is 11.4 Å². The molecule has 1 aliphatic carbocycles. The van der Waals surface area contributed by atoms with E-state index >= 15 is 0 Å². The summed E-state index contributed by atoms with van der Waals surface area (Å²) in [5, 5.41) is 6.08. The number of nitrogens with zero attached hydrogens (tertiary/aromatic N) is 3. The van der Waals surface area contributed by atoms with Crippen LogP contribution in [0.2, 0.25) is 0 Å². The van der Waals surface area contributed by atoms with Crippen LogP contribution in [-0.4, -0.2) is 77.4 Å². The number of allylic oxidation sites excluding steroid dienone is 1. The second-order valence-corrected chi connectivity index (χ2v) is 12.7. The SMILES string of the molecule is CC(=O)NCCNC(=O)OCOc1c2n(ccc1=O)N([C@H]1C3=C(CSc4ccccc41)C(Cl)C(C)C=C3)CN([C@H](C)C(F)(F)F)C2=O. The minimum absolute atomic E-state index is 0.00752. The fourth-order valence-electron chi connectivity index (χ4n) is 5.61. The predicted molar refractivity (Wildman–Crippen MR) is 169 cm³/mol. The molecule has 0 saturated heterocycles. The van der Waals surface area contributed by atoms with Crippen molar-refractivity contribution in [3.63, 3.8) is 0 Å². The number of pyridine rings is 1. The molecule has 2 aromatic rings. The zero-order valence-electron chi connectivity index (χ0n) is 25.7. The molecule has 0 bridgehead atoms. The van der Waals surface area contributed by atoms with Gasteiger partial charge >= 0.3 is 12.3 Å². The molecule has 4 atom stereocenters. The summed E-state index contributed by atoms with van der Waals surface area (Å²) < 4.78 is 54.5. The standard InChI is InChI=1S/C31H33ClF3N5O6S/c1-17-8-9-20-22(25(17)32)14-47-24-7-5-4-6-21(24)26(20)40-15-38(18(2)31(33,34)35)29(43)27-28(23(42)10-13-39(27)40)45-16-46-30(44)37-12-11-36-19(3)41/h4-10,13,17-18,25-26H,11-12,14-16H2,1-3H3,(H,36,41)(H,37,44)/t17?,18-,25?,26+/m1/s1. The monoisotopic (exact) mass is 695 g/mol. The Labute approximate surface area is 277 Å². The topological polar surface area (TPSA) is 122 Å². The number of amides is 3. The Morgan fingerprint density at radius 3 is 2.60 bits per heavy atom. The summed E-state index contributed by atoms with van der Waals surface area (Å²) in [7, 11) is 0. The quantitative estimate of drug-likeness (QED) is 0.238. The first-order chi connectivity index (χ1) is 22.3. The van der Waals surface area contributed by atoms with Gasteiger partial charge in [0, 0.05) is 42.9 Å². The zero-order valence-corrected chi connectivity index (χ0v) is 27.2. The van der Waals surface area contributed by atoms with Crippen LogP contribution in [0, 0.1) is 5.92 Å². The van der Waals surface area contributed by atoms with Crippen molar-refractivity contribution in [2.45, 2.75) is 49.3 Å². The summed E-state index contributed by atoms with van der Waals surface area (Å²) >= 11 is 8.49. The number of carbonyl (C=O) groups is 3. The van der Waals surface area contributed by atoms with Gasteiger partial charge in [0.15, 0.2) is 5.69 Å². The molecule has 1 aromatic carbocycles. The Balaban J connectivity index is 1.57. The number of rotatable bonds is 8. The minimum atomic E-state index is -4.79. The van der Waals surface area contributed by atoms with E-state index < -0.39 is 60.6 Å². The third-order valence-electron chi connectivity index (χ3n) is 8.11. The van der Waals surface area contributed by atoms with E-state index in [2.05, 4.69) is 10.6 Å². The maximum atomic E-state index is 14.2. The summed E-state index contributed by atoms with van der Waals surface area (Å²) in [4.78, 5) is 51.6. The van der Waals surface area contributed by atoms with Gasteiger partial charge in [-0.05, 0) is 35.6 Å². The third kappa shape index (κ3) is 7.10. The van der Waals surface area contributed by atoms with Gasteiger partial charge in [-0.3, -0.25) is 24.1 Å². The molecule has 11 nitrogen and oxygen atoms in total. The summed E-state index contributed by atoms with van der Waals surface area (Å²) in [5.41, 5.74) is 1.22. The number of benzene rings is 1. The molecule has 2 aliphatic heterocycles. The van der Waals surface area contributed by atoms with Gasteiger partial charge in [0.2, 0.25) is 23.9 Å². The molecule has 2 unspecified atom stereocenters. The lowest BCUT2D eigenvalue weighted by atomic mass is 9.85. The summed E-state index contributed by atoms with van der Waals surface area (Å²) in [6.45, 7) is 3.03. The van der Waals surface area contributed by atoms with Crippen molar-refractivity contribution in [3.8, 4) is 5.75 Å². The number of alkyl halides is 4. The highest BCUT2D eigenvalue weighted by Gasteiger charge is 2.48. The second kappa shape index (κ2) is 13.9. The lowest BCUT2D eigenvalue weighted by Gasteiger charge is -2.46. The molecule has 1 aromatic heterocycles. The number of hydrogen-bond acceptors (Lipinski definition) is 8. The normalized spacial score (nSPS) is 21.3. The molecule has 2 N–H and O–H groups in total. The van der Waals surface area contributed by atoms with Crippen molar-refractivity contribution >= 4 is 41.3 Å². The van der Waals surface area contributed by atoms with Crippen LogP contribution < -0.4 is 25.8 Å². The molecule has 0 saturated carbocycles. The van der Waals surface area contributed by atoms with Crippen LogP contribution in [0.4, 0.5) is 18.0 Å². The molecule has 0 radical (unpaired) electrons. The van der Waals surface area contributed by atoms with Crippen molar-refractivity contribution in [3.05, 3.63) is 81.3 Å². The first kappa shape index (κ1) is 34.2. The third-order valence-corrected chi connectivity index (χ3v) is 9.91. The Hall–Kier alpha value is -4.11. The van der Waals surface area contributed by atoms with Crippen LogP contribution in [0.25, 0.3) is 0 Å². The average Bonchev–Trinajstić information content (AvgIpc) is 3.19. The van der Waals surface area contributed by atoms with E-state index in [1.54, 1.807) is 16.8 Å². The first-order valence-electron chi connectivity index (χ1n) is 14.7. The Morgan fingerprint density at radius 1 is 1.15 bits per heavy atom. The van der Waals surface area contributed by atoms with Gasteiger partial charge in [0.25, 0.3) is 5.91 Å². The number of thioether (sulfide) groups is 1. The van der Waals surface area contributed by atoms with Gasteiger partial charge in [-0.1, -0.05) is 37.3 Å². The van der Waals surface area contributed by atoms with Gasteiger partial charge in [0.1, 0.15) is 12.7 Å². The lowest BCUT2D eigenvalue weighted by Crippen LogP contribution is -2.60. The van der Waals surface area contributed by atoms with Gasteiger partial charge in [-0.2, -0.15) is 13.2 Å². The largest absolute Gasteiger partial charge is 0.451 e. The summed E-state index contributed by atoms with van der Waals surface area (Å²) in [6, 6.07) is 5.69. The molecule has 47 heavy (non-hydrogen) atoms. The van der Waals surface area contributed by atoms with Crippen LogP contribution in [0.3, 0.4) is 0 Å². The van der Waals surface area contributed by atoms with E-state index in [9.17, 15) is 32.3 Å². The lowest BCUT2D eigenvalue weighted by molar-refractivity contribution is -0.173. The number of ether oxygens (including phenoxy) is 2. The average molecular weight is 696 g/mol. The van der Waals surface area contributed by atoms with E-state index in [-0.39, 0.29) is 30.3 Å². The molecule has 16 heteroatoms. The molecule has 5 rings (SSSR count). The molecule has 3 amide bonds. The minimum Gasteiger partial charge on any atom is -0.451 e. The number of aromatic nitrogens is 1. The summed E-state index contributed by atoms with van der Waals surface area (Å²) in [6.07, 6.45) is -0.533. The predicted octanol–water partition coefficient (Wildman–Crippen LogP) is 4.31. The highest BCUT2D eigenvalue weighted by Crippen LogP contribution is 2.46. The van der Waals surface area contributed by atoms with Crippen molar-refractivity contribution in [1.29, 1.82) is 0 Å². The molecule has 0 fully saturated rings. The Morgan fingerprint density at radius 2 is 1.87 bits per heavy atom. The molecule has 3 heterocycles. The number of halogens is 4. The van der Waals surface area contributed by atoms with Crippen LogP contribution in [0.15, 0.2) is 69.5 Å². The van der Waals surface area contributed by atoms with Gasteiger partial charge in [-0.25, -0.2) is 4.79 Å². The number of hydrogen-bond donors (Lipinski definition) is 2. The van der Waals surface area contributed by atoms with Crippen LogP contribution >= 0.6 is 23.4 Å². The maximum Gasteiger partial charge on any atom is 0.410 e. The highest BCUT2D eigenvalue weighted by molar-refractivity contribution is 7.99. The summed E-state index contributed by atoms with van der Waals surface area (Å²) in [5.74, 6) is -1.40. The first-order valence-corrected chi connectivity index (χ1v) is 16.2. The van der Waals surface area contributed by atoms with Crippen molar-refractivity contribution in [1.82, 2.24) is 20.2 Å². The fraction of sp³-hybridized carbons (Fsp3) is 0.419. The van der Waals surface area contributed by atoms with E-state index in [4.69, 9.17) is 21.1 Å². The zero-order chi connectivity index (χ0) is 34.0. The smallest absolute Gasteiger partial charge is 0.410 e. The van der Waals surface area contributed by atoms with E-state index in [0.29, 0.717) is 10.7 Å². The number of carbonyl (C=O) groups excluding carboxylic acids is 3. The Bertz CT molecular complexity index is 1680. The van der Waals surface area contributed by atoms with Gasteiger partial charge < -0.3 is 25.0 Å². The van der Waals surface area contributed by atoms with Crippen molar-refractivity contribution < 1.29 is 37.0 Å². The van der Waals surface area contributed by atoms with E-state index in [1.165, 1.54) is 17.8 Å². The molecule has 3 aliphatic rings. The van der Waals surface area contributed by atoms with Crippen molar-refractivity contribution in [2.24, 2.45) is 5.92 Å². The Kier molecular flexibility index (Phi) is 10.2. The van der Waals surface area contributed by atoms with Crippen LogP contribution in [0.1, 0.15) is 42.9 Å². The number of nitrogens with one attached hydrogen (secondary N) is 2. The highest BCUT2D eigenvalue weighted by atomic mass is 35.5. The van der Waals surface area contributed by atoms with E-state index in [1.807, 2.05) is 43.3 Å². The van der Waals surface area contributed by atoms with Crippen LogP contribution in [-0.2, 0) is 9.53 Å². The second-order valence-electron chi connectivity index (χ2n) is 11.2. The van der Waals surface area contributed by atoms with Crippen LogP contribution in [0.5, 0.6) is 5.75 Å². The molecule has 252 valence electrons. The molecular formula is C31H33ClF3N5O6S. The van der Waals surface area contributed by atoms with E-state index in [0.717, 1.165) is 34.6 Å². The molecular weight excluding hydrogens is 663 g/mol. The maximum absolute atomic E-state index is 14.2. The fourth-order valence-corrected chi connectivity index (χ4v) is 7.16. The molecule has 0 spiro atoms.